The molecular weight excluding hydrogens is 330 g/mol. The Morgan fingerprint density at radius 1 is 1.19 bits per heavy atom. The number of rotatable bonds is 2. The van der Waals surface area contributed by atoms with Crippen molar-refractivity contribution in [2.45, 2.75) is 45.9 Å². The molecule has 0 bridgehead atoms. The predicted octanol–water partition coefficient (Wildman–Crippen LogP) is 3.69. The molecule has 2 heterocycles. The van der Waals surface area contributed by atoms with Crippen LogP contribution in [0.2, 0.25) is 0 Å². The third-order valence-corrected chi connectivity index (χ3v) is 5.29. The summed E-state index contributed by atoms with van der Waals surface area (Å²) in [5.41, 5.74) is 0.127. The summed E-state index contributed by atoms with van der Waals surface area (Å²) in [5, 5.41) is 4.43. The van der Waals surface area contributed by atoms with E-state index in [0.717, 1.165) is 24.6 Å². The summed E-state index contributed by atoms with van der Waals surface area (Å²) in [4.78, 5) is 22.0. The van der Waals surface area contributed by atoms with Crippen molar-refractivity contribution in [2.24, 2.45) is 22.9 Å². The normalized spacial score (nSPS) is 29.1. The van der Waals surface area contributed by atoms with Crippen molar-refractivity contribution < 1.29 is 14.4 Å². The molecule has 26 heavy (non-hydrogen) atoms. The Labute approximate surface area is 154 Å². The van der Waals surface area contributed by atoms with Crippen molar-refractivity contribution in [1.82, 2.24) is 4.90 Å². The SMILES string of the molecule is CC(C)(C)OC(=O)N1CC2C(C1)C2C1=NOC(C)(C)N1c1ccccc1. The highest BCUT2D eigenvalue weighted by atomic mass is 16.7. The van der Waals surface area contributed by atoms with Crippen LogP contribution in [0.15, 0.2) is 35.5 Å². The number of amides is 1. The van der Waals surface area contributed by atoms with Gasteiger partial charge < -0.3 is 14.5 Å². The number of carbonyl (C=O) groups is 1. The van der Waals surface area contributed by atoms with Crippen LogP contribution < -0.4 is 4.90 Å². The predicted molar refractivity (Wildman–Crippen MR) is 99.8 cm³/mol. The van der Waals surface area contributed by atoms with Gasteiger partial charge in [-0.25, -0.2) is 4.79 Å². The molecule has 0 spiro atoms. The summed E-state index contributed by atoms with van der Waals surface area (Å²) in [7, 11) is 0. The fourth-order valence-electron chi connectivity index (χ4n) is 4.13. The van der Waals surface area contributed by atoms with Gasteiger partial charge in [0.25, 0.3) is 0 Å². The van der Waals surface area contributed by atoms with Gasteiger partial charge in [0.1, 0.15) is 5.60 Å². The van der Waals surface area contributed by atoms with Crippen LogP contribution in [0.5, 0.6) is 0 Å². The number of benzene rings is 1. The van der Waals surface area contributed by atoms with Gasteiger partial charge in [0.05, 0.1) is 0 Å². The van der Waals surface area contributed by atoms with E-state index >= 15 is 0 Å². The van der Waals surface area contributed by atoms with Gasteiger partial charge in [-0.05, 0) is 58.6 Å². The first kappa shape index (κ1) is 17.2. The first-order valence-corrected chi connectivity index (χ1v) is 9.27. The number of oxime groups is 1. The van der Waals surface area contributed by atoms with Crippen LogP contribution in [0, 0.1) is 17.8 Å². The number of amidine groups is 1. The van der Waals surface area contributed by atoms with E-state index in [0.29, 0.717) is 17.8 Å². The molecular formula is C20H27N3O3. The number of piperidine rings is 1. The van der Waals surface area contributed by atoms with Crippen molar-refractivity contribution in [3.8, 4) is 0 Å². The maximum absolute atomic E-state index is 12.3. The second-order valence-corrected chi connectivity index (χ2v) is 8.90. The Balaban J connectivity index is 1.46. The molecule has 2 aliphatic heterocycles. The molecule has 4 rings (SSSR count). The quantitative estimate of drug-likeness (QED) is 0.810. The standard InChI is InChI=1S/C20H27N3O3/c1-19(2,3)25-18(24)22-11-14-15(12-22)16(14)17-21-26-20(4,5)23(17)13-9-7-6-8-10-13/h6-10,14-16H,11-12H2,1-5H3. The van der Waals surface area contributed by atoms with E-state index in [1.807, 2.05) is 57.7 Å². The summed E-state index contributed by atoms with van der Waals surface area (Å²) in [6.07, 6.45) is -0.215. The Kier molecular flexibility index (Phi) is 3.72. The number of ether oxygens (including phenoxy) is 1. The Hall–Kier alpha value is -2.24. The van der Waals surface area contributed by atoms with E-state index in [-0.39, 0.29) is 6.09 Å². The lowest BCUT2D eigenvalue weighted by atomic mass is 10.1. The number of nitrogens with zero attached hydrogens (tertiary/aromatic N) is 3. The number of para-hydroxylation sites is 1. The molecule has 1 amide bonds. The van der Waals surface area contributed by atoms with Gasteiger partial charge in [-0.15, -0.1) is 0 Å². The summed E-state index contributed by atoms with van der Waals surface area (Å²) in [6, 6.07) is 10.2. The molecule has 6 nitrogen and oxygen atoms in total. The monoisotopic (exact) mass is 357 g/mol. The zero-order chi connectivity index (χ0) is 18.7. The average Bonchev–Trinajstić information content (AvgIpc) is 2.89. The number of carbonyl (C=O) groups excluding carboxylic acids is 1. The van der Waals surface area contributed by atoms with Crippen LogP contribution >= 0.6 is 0 Å². The number of hydrogen-bond donors (Lipinski definition) is 0. The van der Waals surface area contributed by atoms with E-state index in [2.05, 4.69) is 22.2 Å². The molecule has 6 heteroatoms. The second-order valence-electron chi connectivity index (χ2n) is 8.90. The first-order chi connectivity index (χ1) is 12.2. The maximum atomic E-state index is 12.3. The molecule has 0 radical (unpaired) electrons. The van der Waals surface area contributed by atoms with E-state index < -0.39 is 11.3 Å². The van der Waals surface area contributed by atoms with Gasteiger partial charge in [-0.2, -0.15) is 0 Å². The van der Waals surface area contributed by atoms with Crippen LogP contribution in [-0.2, 0) is 9.57 Å². The van der Waals surface area contributed by atoms with Gasteiger partial charge in [-0.3, -0.25) is 4.90 Å². The lowest BCUT2D eigenvalue weighted by Gasteiger charge is -2.32. The molecule has 1 aromatic carbocycles. The van der Waals surface area contributed by atoms with Crippen molar-refractivity contribution >= 4 is 17.6 Å². The minimum Gasteiger partial charge on any atom is -0.444 e. The lowest BCUT2D eigenvalue weighted by Crippen LogP contribution is -2.46. The van der Waals surface area contributed by atoms with E-state index in [4.69, 9.17) is 9.57 Å². The van der Waals surface area contributed by atoms with Gasteiger partial charge >= 0.3 is 6.09 Å². The highest BCUT2D eigenvalue weighted by Crippen LogP contribution is 2.55. The van der Waals surface area contributed by atoms with E-state index in [1.54, 1.807) is 0 Å². The fourth-order valence-corrected chi connectivity index (χ4v) is 4.13. The van der Waals surface area contributed by atoms with Crippen LogP contribution in [0.4, 0.5) is 10.5 Å². The summed E-state index contributed by atoms with van der Waals surface area (Å²) in [5.74, 6) is 2.20. The number of hydrogen-bond acceptors (Lipinski definition) is 5. The molecule has 2 unspecified atom stereocenters. The highest BCUT2D eigenvalue weighted by molar-refractivity contribution is 6.03. The molecule has 1 aromatic rings. The topological polar surface area (TPSA) is 54.4 Å². The second kappa shape index (κ2) is 5.63. The smallest absolute Gasteiger partial charge is 0.410 e. The fraction of sp³-hybridized carbons (Fsp3) is 0.600. The van der Waals surface area contributed by atoms with Crippen LogP contribution in [-0.4, -0.2) is 41.2 Å². The first-order valence-electron chi connectivity index (χ1n) is 9.27. The largest absolute Gasteiger partial charge is 0.444 e. The highest BCUT2D eigenvalue weighted by Gasteiger charge is 2.62. The van der Waals surface area contributed by atoms with Crippen molar-refractivity contribution in [1.29, 1.82) is 0 Å². The summed E-state index contributed by atoms with van der Waals surface area (Å²) >= 11 is 0. The van der Waals surface area contributed by atoms with Gasteiger partial charge in [0, 0.05) is 24.7 Å². The molecule has 3 aliphatic rings. The molecule has 140 valence electrons. The average molecular weight is 357 g/mol. The number of likely N-dealkylation sites (tertiary alicyclic amines) is 1. The van der Waals surface area contributed by atoms with Gasteiger partial charge in [0.15, 0.2) is 5.84 Å². The minimum atomic E-state index is -0.502. The maximum Gasteiger partial charge on any atom is 0.410 e. The van der Waals surface area contributed by atoms with E-state index in [1.165, 1.54) is 0 Å². The molecule has 0 aromatic heterocycles. The van der Waals surface area contributed by atoms with Crippen LogP contribution in [0.25, 0.3) is 0 Å². The van der Waals surface area contributed by atoms with Crippen molar-refractivity contribution in [3.63, 3.8) is 0 Å². The molecule has 1 saturated heterocycles. The third-order valence-electron chi connectivity index (χ3n) is 5.29. The van der Waals surface area contributed by atoms with Crippen LogP contribution in [0.3, 0.4) is 0 Å². The zero-order valence-corrected chi connectivity index (χ0v) is 16.1. The van der Waals surface area contributed by atoms with Crippen LogP contribution in [0.1, 0.15) is 34.6 Å². The lowest BCUT2D eigenvalue weighted by molar-refractivity contribution is 0.0138. The number of fused-ring (bicyclic) bond motifs is 1. The van der Waals surface area contributed by atoms with E-state index in [9.17, 15) is 4.79 Å². The number of anilines is 1. The minimum absolute atomic E-state index is 0.215. The molecule has 2 atom stereocenters. The molecule has 2 fully saturated rings. The van der Waals surface area contributed by atoms with Crippen molar-refractivity contribution in [2.75, 3.05) is 18.0 Å². The summed E-state index contributed by atoms with van der Waals surface area (Å²) < 4.78 is 5.50. The Morgan fingerprint density at radius 3 is 2.38 bits per heavy atom. The van der Waals surface area contributed by atoms with Crippen molar-refractivity contribution in [3.05, 3.63) is 30.3 Å². The Bertz CT molecular complexity index is 726. The summed E-state index contributed by atoms with van der Waals surface area (Å²) in [6.45, 7) is 11.2. The molecule has 0 N–H and O–H groups in total. The third kappa shape index (κ3) is 2.91. The van der Waals surface area contributed by atoms with Gasteiger partial charge in [-0.1, -0.05) is 23.4 Å². The van der Waals surface area contributed by atoms with Gasteiger partial charge in [0.2, 0.25) is 5.72 Å². The molecule has 1 saturated carbocycles. The zero-order valence-electron chi connectivity index (χ0n) is 16.1. The Morgan fingerprint density at radius 2 is 1.81 bits per heavy atom. The molecule has 1 aliphatic carbocycles.